The topological polar surface area (TPSA) is 160 Å². The molecule has 0 spiro atoms. The van der Waals surface area contributed by atoms with Gasteiger partial charge < -0.3 is 26.0 Å². The Bertz CT molecular complexity index is 1580. The third kappa shape index (κ3) is 10.1. The van der Waals surface area contributed by atoms with Gasteiger partial charge in [0.15, 0.2) is 5.82 Å². The van der Waals surface area contributed by atoms with Crippen LogP contribution < -0.4 is 26.0 Å². The van der Waals surface area contributed by atoms with Gasteiger partial charge in [-0.05, 0) is 50.8 Å². The van der Waals surface area contributed by atoms with E-state index in [4.69, 9.17) is 4.74 Å². The fraction of sp³-hybridized carbons (Fsp3) is 0.471. The molecule has 0 aliphatic carbocycles. The number of fused-ring (bicyclic) bond motifs is 1. The Morgan fingerprint density at radius 3 is 2.40 bits per heavy atom. The molecule has 1 aliphatic rings. The van der Waals surface area contributed by atoms with E-state index in [1.54, 1.807) is 17.9 Å². The summed E-state index contributed by atoms with van der Waals surface area (Å²) in [6, 6.07) is 11.2. The van der Waals surface area contributed by atoms with E-state index in [1.807, 2.05) is 44.2 Å². The van der Waals surface area contributed by atoms with Crippen molar-refractivity contribution in [2.45, 2.75) is 71.8 Å². The number of rotatable bonds is 6. The summed E-state index contributed by atoms with van der Waals surface area (Å²) in [4.78, 5) is 59.4. The fourth-order valence-corrected chi connectivity index (χ4v) is 5.41. The van der Waals surface area contributed by atoms with Crippen molar-refractivity contribution in [3.05, 3.63) is 65.7 Å². The van der Waals surface area contributed by atoms with Gasteiger partial charge in [0.1, 0.15) is 36.0 Å². The molecule has 0 unspecified atom stereocenters. The lowest BCUT2D eigenvalue weighted by Gasteiger charge is -2.25. The van der Waals surface area contributed by atoms with Crippen molar-refractivity contribution < 1.29 is 28.3 Å². The first-order chi connectivity index (χ1) is 22.9. The third-order valence-electron chi connectivity index (χ3n) is 7.87. The van der Waals surface area contributed by atoms with Crippen LogP contribution in [-0.4, -0.2) is 82.1 Å². The molecule has 2 aromatic carbocycles. The van der Waals surface area contributed by atoms with Crippen LogP contribution >= 0.6 is 0 Å². The van der Waals surface area contributed by atoms with Gasteiger partial charge in [0.25, 0.3) is 0 Å². The van der Waals surface area contributed by atoms with Crippen LogP contribution in [0.5, 0.6) is 5.75 Å². The molecule has 4 amide bonds. The molecule has 1 aliphatic heterocycles. The molecule has 1 aromatic heterocycles. The van der Waals surface area contributed by atoms with Gasteiger partial charge in [0.2, 0.25) is 23.6 Å². The SMILES string of the molecule is COc1ccc(F)c(CN2CCCNC(=O)Cn3nc(-c4ccccc4)nc3[C@H](C)NC(=O)[C@@H](CC(C)C)NC(=O)[C@@H](C)NC(=O)C2)c1. The Kier molecular flexibility index (Phi) is 12.6. The largest absolute Gasteiger partial charge is 0.497 e. The number of halogens is 1. The highest BCUT2D eigenvalue weighted by atomic mass is 19.1. The molecule has 4 N–H and O–H groups in total. The minimum atomic E-state index is -0.953. The van der Waals surface area contributed by atoms with Crippen molar-refractivity contribution in [3.63, 3.8) is 0 Å². The predicted molar refractivity (Wildman–Crippen MR) is 177 cm³/mol. The number of nitrogens with one attached hydrogen (secondary N) is 4. The molecular weight excluding hydrogens is 619 g/mol. The van der Waals surface area contributed by atoms with Crippen LogP contribution in [0.1, 0.15) is 58.0 Å². The molecule has 258 valence electrons. The molecule has 0 saturated heterocycles. The minimum Gasteiger partial charge on any atom is -0.497 e. The van der Waals surface area contributed by atoms with Crippen molar-refractivity contribution in [1.82, 2.24) is 40.9 Å². The Morgan fingerprint density at radius 2 is 1.69 bits per heavy atom. The van der Waals surface area contributed by atoms with E-state index < -0.39 is 41.7 Å². The molecule has 48 heavy (non-hydrogen) atoms. The van der Waals surface area contributed by atoms with Gasteiger partial charge in [0, 0.05) is 30.8 Å². The zero-order valence-corrected chi connectivity index (χ0v) is 28.1. The monoisotopic (exact) mass is 664 g/mol. The van der Waals surface area contributed by atoms with Crippen molar-refractivity contribution in [2.24, 2.45) is 5.92 Å². The van der Waals surface area contributed by atoms with Crippen LogP contribution in [0, 0.1) is 11.7 Å². The summed E-state index contributed by atoms with van der Waals surface area (Å²) < 4.78 is 21.4. The lowest BCUT2D eigenvalue weighted by atomic mass is 10.0. The van der Waals surface area contributed by atoms with Gasteiger partial charge in [-0.1, -0.05) is 44.2 Å². The van der Waals surface area contributed by atoms with E-state index in [0.717, 1.165) is 5.56 Å². The summed E-state index contributed by atoms with van der Waals surface area (Å²) in [5.74, 6) is -0.873. The molecule has 13 nitrogen and oxygen atoms in total. The number of carbonyl (C=O) groups is 4. The number of amides is 4. The first-order valence-corrected chi connectivity index (χ1v) is 16.1. The van der Waals surface area contributed by atoms with Crippen LogP contribution in [0.3, 0.4) is 0 Å². The second-order valence-corrected chi connectivity index (χ2v) is 12.4. The quantitative estimate of drug-likeness (QED) is 0.313. The maximum absolute atomic E-state index is 14.7. The van der Waals surface area contributed by atoms with Gasteiger partial charge in [-0.2, -0.15) is 5.10 Å². The van der Waals surface area contributed by atoms with Crippen molar-refractivity contribution in [1.29, 1.82) is 0 Å². The number of aromatic nitrogens is 3. The Labute approximate surface area is 280 Å². The maximum Gasteiger partial charge on any atom is 0.243 e. The number of ether oxygens (including phenoxy) is 1. The normalized spacial score (nSPS) is 20.8. The standard InChI is InChI=1S/C34H45FN8O5/c1-21(2)16-28-34(47)38-22(3)32-40-31(24-10-7-6-8-11-24)41-43(32)20-29(44)36-14-9-15-42(19-30(45)37-23(4)33(46)39-28)18-25-17-26(48-5)12-13-27(25)35/h6-8,10-13,17,21-23,28H,9,14-16,18-20H2,1-5H3,(H,36,44)(H,37,45)(H,38,47)(H,39,46)/t22-,23+,28+/m0/s1. The molecule has 0 bridgehead atoms. The number of hydrogen-bond acceptors (Lipinski definition) is 8. The van der Waals surface area contributed by atoms with E-state index in [0.29, 0.717) is 42.3 Å². The Morgan fingerprint density at radius 1 is 0.938 bits per heavy atom. The second kappa shape index (κ2) is 16.8. The smallest absolute Gasteiger partial charge is 0.243 e. The maximum atomic E-state index is 14.7. The van der Waals surface area contributed by atoms with Gasteiger partial charge >= 0.3 is 0 Å². The summed E-state index contributed by atoms with van der Waals surface area (Å²) in [5.41, 5.74) is 1.08. The minimum absolute atomic E-state index is 0.0606. The van der Waals surface area contributed by atoms with Crippen LogP contribution in [0.2, 0.25) is 0 Å². The lowest BCUT2D eigenvalue weighted by molar-refractivity contribution is -0.132. The number of hydrogen-bond donors (Lipinski definition) is 4. The van der Waals surface area contributed by atoms with Crippen LogP contribution in [0.4, 0.5) is 4.39 Å². The van der Waals surface area contributed by atoms with Gasteiger partial charge in [-0.3, -0.25) is 24.1 Å². The first-order valence-electron chi connectivity index (χ1n) is 16.1. The number of benzene rings is 2. The average Bonchev–Trinajstić information content (AvgIpc) is 3.47. The summed E-state index contributed by atoms with van der Waals surface area (Å²) in [6.45, 7) is 7.55. The molecule has 0 radical (unpaired) electrons. The van der Waals surface area contributed by atoms with Crippen LogP contribution in [0.15, 0.2) is 48.5 Å². The Hall–Kier alpha value is -4.85. The molecule has 4 rings (SSSR count). The zero-order chi connectivity index (χ0) is 34.8. The van der Waals surface area contributed by atoms with Crippen molar-refractivity contribution >= 4 is 23.6 Å². The summed E-state index contributed by atoms with van der Waals surface area (Å²) in [5, 5.41) is 15.9. The highest BCUT2D eigenvalue weighted by Gasteiger charge is 2.29. The average molecular weight is 665 g/mol. The molecule has 3 atom stereocenters. The number of nitrogens with zero attached hydrogens (tertiary/aromatic N) is 4. The number of methoxy groups -OCH3 is 1. The molecule has 2 heterocycles. The van der Waals surface area contributed by atoms with E-state index in [9.17, 15) is 23.6 Å². The molecule has 0 saturated carbocycles. The number of carbonyl (C=O) groups excluding carboxylic acids is 4. The van der Waals surface area contributed by atoms with E-state index in [2.05, 4.69) is 31.3 Å². The molecule has 0 fully saturated rings. The van der Waals surface area contributed by atoms with Crippen LogP contribution in [0.25, 0.3) is 11.4 Å². The lowest BCUT2D eigenvalue weighted by Crippen LogP contribution is -2.54. The fourth-order valence-electron chi connectivity index (χ4n) is 5.41. The first kappa shape index (κ1) is 36.0. The highest BCUT2D eigenvalue weighted by molar-refractivity contribution is 5.92. The second-order valence-electron chi connectivity index (χ2n) is 12.4. The summed E-state index contributed by atoms with van der Waals surface area (Å²) in [6.07, 6.45) is 0.790. The highest BCUT2D eigenvalue weighted by Crippen LogP contribution is 2.20. The van der Waals surface area contributed by atoms with E-state index in [-0.39, 0.29) is 38.0 Å². The van der Waals surface area contributed by atoms with Gasteiger partial charge in [-0.25, -0.2) is 14.1 Å². The van der Waals surface area contributed by atoms with Crippen molar-refractivity contribution in [3.8, 4) is 17.1 Å². The van der Waals surface area contributed by atoms with E-state index in [1.165, 1.54) is 30.8 Å². The molecule has 14 heteroatoms. The summed E-state index contributed by atoms with van der Waals surface area (Å²) in [7, 11) is 1.49. The Balaban J connectivity index is 1.62. The van der Waals surface area contributed by atoms with E-state index >= 15 is 0 Å². The van der Waals surface area contributed by atoms with Crippen LogP contribution in [-0.2, 0) is 32.3 Å². The summed E-state index contributed by atoms with van der Waals surface area (Å²) >= 11 is 0. The van der Waals surface area contributed by atoms with Crippen molar-refractivity contribution in [2.75, 3.05) is 26.7 Å². The zero-order valence-electron chi connectivity index (χ0n) is 28.1. The van der Waals surface area contributed by atoms with Gasteiger partial charge in [-0.15, -0.1) is 0 Å². The van der Waals surface area contributed by atoms with Gasteiger partial charge in [0.05, 0.1) is 19.7 Å². The third-order valence-corrected chi connectivity index (χ3v) is 7.87. The predicted octanol–water partition coefficient (Wildman–Crippen LogP) is 2.33. The molecule has 3 aromatic rings. The molecular formula is C34H45FN8O5.